The van der Waals surface area contributed by atoms with Crippen LogP contribution in [-0.2, 0) is 37.4 Å². The van der Waals surface area contributed by atoms with E-state index in [1.165, 1.54) is 12.1 Å². The summed E-state index contributed by atoms with van der Waals surface area (Å²) in [6.07, 6.45) is 1.56. The lowest BCUT2D eigenvalue weighted by Crippen LogP contribution is -2.54. The van der Waals surface area contributed by atoms with Gasteiger partial charge in [-0.25, -0.2) is 13.1 Å². The van der Waals surface area contributed by atoms with Gasteiger partial charge in [0, 0.05) is 35.6 Å². The van der Waals surface area contributed by atoms with E-state index in [1.54, 1.807) is 43.5 Å². The lowest BCUT2D eigenvalue weighted by Gasteiger charge is -2.23. The van der Waals surface area contributed by atoms with E-state index in [9.17, 15) is 27.9 Å². The van der Waals surface area contributed by atoms with Crippen LogP contribution in [0.5, 0.6) is 5.75 Å². The predicted octanol–water partition coefficient (Wildman–Crippen LogP) is 0.465. The summed E-state index contributed by atoms with van der Waals surface area (Å²) in [4.78, 5) is 41.0. The maximum Gasteiger partial charge on any atom is 0.242 e. The number of amides is 3. The first-order valence-corrected chi connectivity index (χ1v) is 14.6. The molecule has 0 saturated heterocycles. The minimum absolute atomic E-state index is 0.00466. The summed E-state index contributed by atoms with van der Waals surface area (Å²) >= 11 is 0. The number of nitrogen functional groups attached to an aromatic ring is 1. The minimum Gasteiger partial charge on any atom is -0.508 e. The van der Waals surface area contributed by atoms with Crippen molar-refractivity contribution in [2.75, 3.05) is 5.75 Å². The Morgan fingerprint density at radius 3 is 2.39 bits per heavy atom. The molecular weight excluding hydrogens is 550 g/mol. The van der Waals surface area contributed by atoms with Crippen LogP contribution in [-0.4, -0.2) is 59.9 Å². The Morgan fingerprint density at radius 1 is 1.05 bits per heavy atom. The maximum absolute atomic E-state index is 13.5. The number of amidine groups is 1. The average Bonchev–Trinajstić information content (AvgIpc) is 3.30. The molecule has 10 N–H and O–H groups in total. The monoisotopic (exact) mass is 585 g/mol. The first-order chi connectivity index (χ1) is 19.4. The summed E-state index contributed by atoms with van der Waals surface area (Å²) in [5.41, 5.74) is 13.2. The smallest absolute Gasteiger partial charge is 0.242 e. The van der Waals surface area contributed by atoms with Crippen molar-refractivity contribution in [1.29, 1.82) is 5.41 Å². The van der Waals surface area contributed by atoms with Gasteiger partial charge in [0.2, 0.25) is 27.7 Å². The Hall–Kier alpha value is -4.43. The summed E-state index contributed by atoms with van der Waals surface area (Å²) in [6.45, 7) is 1.78. The van der Waals surface area contributed by atoms with E-state index in [2.05, 4.69) is 20.3 Å². The summed E-state index contributed by atoms with van der Waals surface area (Å²) in [6, 6.07) is 8.81. The number of rotatable bonds is 15. The highest BCUT2D eigenvalue weighted by atomic mass is 32.2. The fraction of sp³-hybridized carbons (Fsp3) is 0.333. The minimum atomic E-state index is -3.85. The number of benzene rings is 2. The predicted molar refractivity (Wildman–Crippen MR) is 154 cm³/mol. The average molecular weight is 586 g/mol. The molecule has 41 heavy (non-hydrogen) atoms. The Morgan fingerprint density at radius 2 is 1.76 bits per heavy atom. The van der Waals surface area contributed by atoms with Gasteiger partial charge >= 0.3 is 0 Å². The molecule has 2 aromatic carbocycles. The van der Waals surface area contributed by atoms with E-state index in [0.29, 0.717) is 34.0 Å². The van der Waals surface area contributed by atoms with E-state index in [4.69, 9.17) is 16.9 Å². The second-order valence-electron chi connectivity index (χ2n) is 9.63. The molecule has 2 atom stereocenters. The molecule has 3 aromatic rings. The van der Waals surface area contributed by atoms with Gasteiger partial charge in [0.15, 0.2) is 0 Å². The van der Waals surface area contributed by atoms with Gasteiger partial charge in [0.05, 0.1) is 5.75 Å². The van der Waals surface area contributed by atoms with Crippen LogP contribution < -0.4 is 26.8 Å². The van der Waals surface area contributed by atoms with Crippen LogP contribution in [0.15, 0.2) is 48.7 Å². The van der Waals surface area contributed by atoms with Crippen molar-refractivity contribution in [3.05, 3.63) is 65.4 Å². The summed E-state index contributed by atoms with van der Waals surface area (Å²) in [5.74, 6) is -2.33. The molecule has 220 valence electrons. The number of carbonyl (C=O) groups is 3. The first-order valence-electron chi connectivity index (χ1n) is 13.0. The van der Waals surface area contributed by atoms with Crippen LogP contribution in [0.2, 0.25) is 0 Å². The molecule has 0 saturated carbocycles. The highest BCUT2D eigenvalue weighted by Crippen LogP contribution is 2.24. The lowest BCUT2D eigenvalue weighted by molar-refractivity contribution is -0.130. The van der Waals surface area contributed by atoms with Crippen molar-refractivity contribution in [2.45, 2.75) is 51.2 Å². The van der Waals surface area contributed by atoms with E-state index in [-0.39, 0.29) is 43.1 Å². The van der Waals surface area contributed by atoms with Crippen LogP contribution in [0.25, 0.3) is 10.9 Å². The van der Waals surface area contributed by atoms with Crippen molar-refractivity contribution < 1.29 is 27.9 Å². The third-order valence-corrected chi connectivity index (χ3v) is 7.92. The standard InChI is InChI=1S/C27H35N7O6S/c1-2-11-41(39,40)34-23(12-18-15-31-21-8-7-19(35)13-20(18)21)27(38)33-22(9-10-24(28)36)26(37)32-14-16-3-5-17(6-4-16)25(29)30/h3-8,13,15,22-23,31,34-35H,2,9-12,14H2,1H3,(H2,28,36)(H3,29,30)(H,32,37)(H,33,38)/t22-,23+/m0/s1. The number of phenols is 1. The maximum atomic E-state index is 13.5. The largest absolute Gasteiger partial charge is 0.508 e. The first kappa shape index (κ1) is 31.1. The SMILES string of the molecule is CCCS(=O)(=O)N[C@H](Cc1c[nH]c2ccc(O)cc12)C(=O)N[C@@H](CCC(N)=O)C(=O)NCc1ccc(C(=N)N)cc1. The van der Waals surface area contributed by atoms with Crippen LogP contribution in [0.4, 0.5) is 0 Å². The second kappa shape index (κ2) is 13.8. The quantitative estimate of drug-likeness (QED) is 0.0926. The zero-order valence-corrected chi connectivity index (χ0v) is 23.4. The number of sulfonamides is 1. The molecule has 0 radical (unpaired) electrons. The highest BCUT2D eigenvalue weighted by Gasteiger charge is 2.29. The molecule has 0 spiro atoms. The molecule has 0 bridgehead atoms. The molecule has 0 fully saturated rings. The molecule has 14 heteroatoms. The number of H-pyrrole nitrogens is 1. The fourth-order valence-electron chi connectivity index (χ4n) is 4.23. The number of nitrogens with two attached hydrogens (primary N) is 2. The van der Waals surface area contributed by atoms with E-state index in [1.807, 2.05) is 0 Å². The van der Waals surface area contributed by atoms with E-state index in [0.717, 1.165) is 0 Å². The third kappa shape index (κ3) is 9.05. The van der Waals surface area contributed by atoms with Gasteiger partial charge in [-0.15, -0.1) is 0 Å². The topological polar surface area (TPSA) is 233 Å². The summed E-state index contributed by atoms with van der Waals surface area (Å²) < 4.78 is 27.7. The van der Waals surface area contributed by atoms with Gasteiger partial charge in [0.25, 0.3) is 0 Å². The number of phenolic OH excluding ortho intramolecular Hbond substituents is 1. The van der Waals surface area contributed by atoms with Crippen molar-refractivity contribution in [2.24, 2.45) is 11.5 Å². The molecule has 1 heterocycles. The molecule has 1 aromatic heterocycles. The van der Waals surface area contributed by atoms with Gasteiger partial charge < -0.3 is 32.2 Å². The molecule has 0 aliphatic rings. The number of fused-ring (bicyclic) bond motifs is 1. The summed E-state index contributed by atoms with van der Waals surface area (Å²) in [7, 11) is -3.85. The van der Waals surface area contributed by atoms with Gasteiger partial charge in [0.1, 0.15) is 23.7 Å². The van der Waals surface area contributed by atoms with Crippen molar-refractivity contribution in [1.82, 2.24) is 20.3 Å². The number of aromatic amines is 1. The van der Waals surface area contributed by atoms with Crippen LogP contribution in [0.1, 0.15) is 42.9 Å². The Bertz CT molecular complexity index is 1520. The third-order valence-electron chi connectivity index (χ3n) is 6.33. The van der Waals surface area contributed by atoms with E-state index >= 15 is 0 Å². The number of carbonyl (C=O) groups excluding carboxylic acids is 3. The Balaban J connectivity index is 1.81. The van der Waals surface area contributed by atoms with Gasteiger partial charge in [-0.2, -0.15) is 0 Å². The molecule has 3 amide bonds. The van der Waals surface area contributed by atoms with Crippen LogP contribution >= 0.6 is 0 Å². The number of hydrogen-bond acceptors (Lipinski definition) is 7. The molecule has 3 rings (SSSR count). The van der Waals surface area contributed by atoms with Crippen LogP contribution in [0.3, 0.4) is 0 Å². The van der Waals surface area contributed by atoms with Crippen molar-refractivity contribution >= 4 is 44.5 Å². The number of hydrogen-bond donors (Lipinski definition) is 8. The Labute approximate surface area is 237 Å². The van der Waals surface area contributed by atoms with Crippen molar-refractivity contribution in [3.63, 3.8) is 0 Å². The van der Waals surface area contributed by atoms with Gasteiger partial charge in [-0.1, -0.05) is 31.2 Å². The normalized spacial score (nSPS) is 12.9. The summed E-state index contributed by atoms with van der Waals surface area (Å²) in [5, 5.41) is 23.3. The van der Waals surface area contributed by atoms with Gasteiger partial charge in [-0.3, -0.25) is 19.8 Å². The number of nitrogens with one attached hydrogen (secondary N) is 5. The van der Waals surface area contributed by atoms with Crippen LogP contribution in [0, 0.1) is 5.41 Å². The van der Waals surface area contributed by atoms with Crippen molar-refractivity contribution in [3.8, 4) is 5.75 Å². The molecule has 13 nitrogen and oxygen atoms in total. The molecule has 0 aliphatic carbocycles. The van der Waals surface area contributed by atoms with Gasteiger partial charge in [-0.05, 0) is 48.6 Å². The molecular formula is C27H35N7O6S. The molecule has 0 unspecified atom stereocenters. The number of aromatic nitrogens is 1. The Kier molecular flexibility index (Phi) is 10.4. The number of primary amides is 1. The van der Waals surface area contributed by atoms with E-state index < -0.39 is 39.8 Å². The fourth-order valence-corrected chi connectivity index (χ4v) is 5.51. The number of aromatic hydroxyl groups is 1. The second-order valence-corrected chi connectivity index (χ2v) is 11.5. The highest BCUT2D eigenvalue weighted by molar-refractivity contribution is 7.89. The zero-order valence-electron chi connectivity index (χ0n) is 22.6. The zero-order chi connectivity index (χ0) is 30.2. The lowest BCUT2D eigenvalue weighted by atomic mass is 10.0. The molecule has 0 aliphatic heterocycles.